The van der Waals surface area contributed by atoms with Gasteiger partial charge in [0.1, 0.15) is 5.54 Å². The van der Waals surface area contributed by atoms with Gasteiger partial charge in [0.2, 0.25) is 11.8 Å². The molecule has 3 rings (SSSR count). The van der Waals surface area contributed by atoms with E-state index in [1.54, 1.807) is 11.8 Å². The first kappa shape index (κ1) is 19.2. The second kappa shape index (κ2) is 8.43. The third-order valence-electron chi connectivity index (χ3n) is 4.81. The molecule has 0 unspecified atom stereocenters. The normalized spacial score (nSPS) is 15.9. The minimum absolute atomic E-state index is 0.162. The fourth-order valence-corrected chi connectivity index (χ4v) is 4.47. The van der Waals surface area contributed by atoms with E-state index in [4.69, 9.17) is 0 Å². The summed E-state index contributed by atoms with van der Waals surface area (Å²) in [6, 6.07) is 13.6. The quantitative estimate of drug-likeness (QED) is 0.705. The molecule has 2 aromatic rings. The summed E-state index contributed by atoms with van der Waals surface area (Å²) < 4.78 is 0. The predicted molar refractivity (Wildman–Crippen MR) is 106 cm³/mol. The molecule has 7 heteroatoms. The Morgan fingerprint density at radius 3 is 2.44 bits per heavy atom. The van der Waals surface area contributed by atoms with Crippen LogP contribution in [0, 0.1) is 0 Å². The summed E-state index contributed by atoms with van der Waals surface area (Å²) in [4.78, 5) is 36.1. The molecule has 0 saturated carbocycles. The number of carbonyl (C=O) groups is 3. The Bertz CT molecular complexity index is 857. The van der Waals surface area contributed by atoms with Crippen molar-refractivity contribution in [2.24, 2.45) is 0 Å². The molecular weight excluding hydrogens is 364 g/mol. The molecule has 27 heavy (non-hydrogen) atoms. The second-order valence-electron chi connectivity index (χ2n) is 6.64. The summed E-state index contributed by atoms with van der Waals surface area (Å²) >= 11 is 1.68. The first-order valence-corrected chi connectivity index (χ1v) is 10.0. The lowest BCUT2D eigenvalue weighted by Crippen LogP contribution is -2.58. The molecule has 6 nitrogen and oxygen atoms in total. The van der Waals surface area contributed by atoms with Crippen LogP contribution in [0.15, 0.2) is 42.5 Å². The van der Waals surface area contributed by atoms with Crippen molar-refractivity contribution < 1.29 is 19.5 Å². The zero-order chi connectivity index (χ0) is 19.3. The number of rotatable bonds is 6. The van der Waals surface area contributed by atoms with Crippen molar-refractivity contribution in [2.45, 2.75) is 24.8 Å². The van der Waals surface area contributed by atoms with Gasteiger partial charge in [0.05, 0.1) is 13.0 Å². The number of benzene rings is 2. The number of amides is 2. The minimum Gasteiger partial charge on any atom is -0.480 e. The van der Waals surface area contributed by atoms with Crippen molar-refractivity contribution in [3.63, 3.8) is 0 Å². The summed E-state index contributed by atoms with van der Waals surface area (Å²) in [6.45, 7) is -0.230. The number of thioether (sulfide) groups is 1. The Balaban J connectivity index is 1.57. The summed E-state index contributed by atoms with van der Waals surface area (Å²) in [6.07, 6.45) is 0.945. The third-order valence-corrected chi connectivity index (χ3v) is 5.80. The van der Waals surface area contributed by atoms with E-state index in [9.17, 15) is 19.5 Å². The monoisotopic (exact) mass is 386 g/mol. The van der Waals surface area contributed by atoms with Gasteiger partial charge in [-0.1, -0.05) is 42.5 Å². The number of nitrogens with one attached hydrogen (secondary N) is 2. The van der Waals surface area contributed by atoms with Crippen LogP contribution < -0.4 is 10.6 Å². The summed E-state index contributed by atoms with van der Waals surface area (Å²) in [7, 11) is 0. The number of fused-ring (bicyclic) bond motifs is 1. The van der Waals surface area contributed by atoms with Gasteiger partial charge in [0.15, 0.2) is 0 Å². The van der Waals surface area contributed by atoms with Crippen LogP contribution in [0.25, 0.3) is 10.8 Å². The fraction of sp³-hybridized carbons (Fsp3) is 0.350. The summed E-state index contributed by atoms with van der Waals surface area (Å²) in [5.41, 5.74) is -0.333. The average molecular weight is 386 g/mol. The number of hydrogen-bond acceptors (Lipinski definition) is 4. The van der Waals surface area contributed by atoms with Crippen molar-refractivity contribution in [3.8, 4) is 0 Å². The van der Waals surface area contributed by atoms with Gasteiger partial charge >= 0.3 is 5.97 Å². The Morgan fingerprint density at radius 2 is 1.70 bits per heavy atom. The van der Waals surface area contributed by atoms with Crippen molar-refractivity contribution in [2.75, 3.05) is 18.1 Å². The van der Waals surface area contributed by atoms with E-state index in [-0.39, 0.29) is 18.9 Å². The average Bonchev–Trinajstić information content (AvgIpc) is 2.67. The molecular formula is C20H22N2O4S. The zero-order valence-electron chi connectivity index (χ0n) is 14.9. The second-order valence-corrected chi connectivity index (χ2v) is 7.86. The highest BCUT2D eigenvalue weighted by Gasteiger charge is 2.41. The topological polar surface area (TPSA) is 95.5 Å². The Hall–Kier alpha value is -2.54. The minimum atomic E-state index is -1.22. The van der Waals surface area contributed by atoms with Crippen LogP contribution in [0.5, 0.6) is 0 Å². The van der Waals surface area contributed by atoms with Crippen LogP contribution in [0.1, 0.15) is 18.4 Å². The Labute approximate surface area is 161 Å². The molecule has 142 valence electrons. The number of carboxylic acid groups (broad SMARTS) is 1. The van der Waals surface area contributed by atoms with Crippen LogP contribution in [-0.2, 0) is 20.8 Å². The van der Waals surface area contributed by atoms with Gasteiger partial charge in [-0.25, -0.2) is 4.79 Å². The van der Waals surface area contributed by atoms with Crippen LogP contribution in [-0.4, -0.2) is 46.5 Å². The molecule has 1 heterocycles. The van der Waals surface area contributed by atoms with Gasteiger partial charge in [0.25, 0.3) is 0 Å². The number of aliphatic carboxylic acids is 1. The van der Waals surface area contributed by atoms with Crippen molar-refractivity contribution in [3.05, 3.63) is 48.0 Å². The number of carboxylic acids is 1. The van der Waals surface area contributed by atoms with Gasteiger partial charge in [-0.2, -0.15) is 11.8 Å². The highest BCUT2D eigenvalue weighted by atomic mass is 32.2. The van der Waals surface area contributed by atoms with E-state index in [1.165, 1.54) is 0 Å². The van der Waals surface area contributed by atoms with Crippen molar-refractivity contribution in [1.29, 1.82) is 0 Å². The molecule has 0 spiro atoms. The Kier molecular flexibility index (Phi) is 6.01. The third kappa shape index (κ3) is 4.60. The largest absolute Gasteiger partial charge is 0.480 e. The molecule has 2 amide bonds. The van der Waals surface area contributed by atoms with E-state index in [0.29, 0.717) is 24.3 Å². The van der Waals surface area contributed by atoms with Crippen LogP contribution in [0.4, 0.5) is 0 Å². The molecule has 0 bridgehead atoms. The van der Waals surface area contributed by atoms with E-state index < -0.39 is 17.4 Å². The highest BCUT2D eigenvalue weighted by Crippen LogP contribution is 2.27. The summed E-state index contributed by atoms with van der Waals surface area (Å²) in [5.74, 6) is -0.376. The lowest BCUT2D eigenvalue weighted by molar-refractivity contribution is -0.148. The maximum absolute atomic E-state index is 12.3. The van der Waals surface area contributed by atoms with Gasteiger partial charge in [-0.3, -0.25) is 9.59 Å². The van der Waals surface area contributed by atoms with E-state index in [0.717, 1.165) is 16.3 Å². The Morgan fingerprint density at radius 1 is 1.00 bits per heavy atom. The van der Waals surface area contributed by atoms with E-state index in [1.807, 2.05) is 42.5 Å². The molecule has 1 aliphatic rings. The van der Waals surface area contributed by atoms with Crippen LogP contribution in [0.3, 0.4) is 0 Å². The molecule has 0 atom stereocenters. The van der Waals surface area contributed by atoms with Crippen LogP contribution >= 0.6 is 11.8 Å². The van der Waals surface area contributed by atoms with Gasteiger partial charge in [0, 0.05) is 0 Å². The zero-order valence-corrected chi connectivity index (χ0v) is 15.7. The van der Waals surface area contributed by atoms with Crippen molar-refractivity contribution in [1.82, 2.24) is 10.6 Å². The summed E-state index contributed by atoms with van der Waals surface area (Å²) in [5, 5.41) is 16.8. The molecule has 1 saturated heterocycles. The van der Waals surface area contributed by atoms with Crippen LogP contribution in [0.2, 0.25) is 0 Å². The number of carbonyl (C=O) groups excluding carboxylic acids is 2. The van der Waals surface area contributed by atoms with Gasteiger partial charge in [-0.15, -0.1) is 0 Å². The van der Waals surface area contributed by atoms with E-state index in [2.05, 4.69) is 10.6 Å². The molecule has 1 aliphatic heterocycles. The predicted octanol–water partition coefficient (Wildman–Crippen LogP) is 1.97. The molecule has 2 aromatic carbocycles. The van der Waals surface area contributed by atoms with Crippen molar-refractivity contribution >= 4 is 40.3 Å². The number of hydrogen-bond donors (Lipinski definition) is 3. The lowest BCUT2D eigenvalue weighted by atomic mass is 9.92. The molecule has 0 radical (unpaired) electrons. The first-order valence-electron chi connectivity index (χ1n) is 8.86. The maximum atomic E-state index is 12.3. The van der Waals surface area contributed by atoms with Gasteiger partial charge in [-0.05, 0) is 40.7 Å². The molecule has 0 aromatic heterocycles. The maximum Gasteiger partial charge on any atom is 0.329 e. The van der Waals surface area contributed by atoms with E-state index >= 15 is 0 Å². The smallest absolute Gasteiger partial charge is 0.329 e. The highest BCUT2D eigenvalue weighted by molar-refractivity contribution is 7.99. The van der Waals surface area contributed by atoms with Gasteiger partial charge < -0.3 is 15.7 Å². The fourth-order valence-electron chi connectivity index (χ4n) is 3.28. The SMILES string of the molecule is O=C(Cc1cccc2ccccc12)NCC(=O)NC1(C(=O)O)CCSCC1. The standard InChI is InChI=1S/C20H22N2O4S/c23-17(12-15-6-3-5-14-4-1-2-7-16(14)15)21-13-18(24)22-20(19(25)26)8-10-27-11-9-20/h1-7H,8-13H2,(H,21,23)(H,22,24)(H,25,26). The first-order chi connectivity index (χ1) is 13.0. The molecule has 0 aliphatic carbocycles. The molecule has 1 fully saturated rings. The molecule has 3 N–H and O–H groups in total. The lowest BCUT2D eigenvalue weighted by Gasteiger charge is -2.33.